The van der Waals surface area contributed by atoms with Crippen LogP contribution in [0, 0.1) is 5.92 Å². The molecule has 0 radical (unpaired) electrons. The van der Waals surface area contributed by atoms with Gasteiger partial charge >= 0.3 is 19.8 Å². The predicted molar refractivity (Wildman–Crippen MR) is 213 cm³/mol. The highest BCUT2D eigenvalue weighted by molar-refractivity contribution is 7.46. The molecule has 304 valence electrons. The molecule has 0 spiro atoms. The van der Waals surface area contributed by atoms with Gasteiger partial charge in [0.25, 0.3) is 0 Å². The van der Waals surface area contributed by atoms with Crippen molar-refractivity contribution in [2.45, 2.75) is 200 Å². The highest BCUT2D eigenvalue weighted by Gasteiger charge is 2.22. The first kappa shape index (κ1) is 50.2. The molecule has 10 heteroatoms. The number of hydrogen-bond acceptors (Lipinski definition) is 7. The number of phosphoric acid groups is 1. The smallest absolute Gasteiger partial charge is 0.462 e. The van der Waals surface area contributed by atoms with E-state index in [1.165, 1.54) is 77.0 Å². The Morgan fingerprint density at radius 1 is 0.635 bits per heavy atom. The number of hydrogen-bond donors (Lipinski definition) is 3. The van der Waals surface area contributed by atoms with Crippen molar-refractivity contribution in [2.75, 3.05) is 13.2 Å². The quantitative estimate of drug-likeness (QED) is 0.0186. The van der Waals surface area contributed by atoms with Gasteiger partial charge in [0.15, 0.2) is 6.10 Å². The van der Waals surface area contributed by atoms with Crippen molar-refractivity contribution in [1.82, 2.24) is 0 Å². The summed E-state index contributed by atoms with van der Waals surface area (Å²) < 4.78 is 26.3. The van der Waals surface area contributed by atoms with E-state index in [1.807, 2.05) is 24.3 Å². The Kier molecular flexibility index (Phi) is 35.0. The molecule has 0 rings (SSSR count). The van der Waals surface area contributed by atoms with E-state index in [1.54, 1.807) is 6.08 Å². The van der Waals surface area contributed by atoms with Crippen molar-refractivity contribution >= 4 is 19.8 Å². The summed E-state index contributed by atoms with van der Waals surface area (Å²) in [7, 11) is -4.77. The van der Waals surface area contributed by atoms with Gasteiger partial charge in [-0.25, -0.2) is 4.57 Å². The third kappa shape index (κ3) is 39.4. The number of aliphatic hydroxyl groups excluding tert-OH is 1. The summed E-state index contributed by atoms with van der Waals surface area (Å²) in [6, 6.07) is 0. The molecule has 0 bridgehead atoms. The van der Waals surface area contributed by atoms with E-state index in [-0.39, 0.29) is 19.4 Å². The fourth-order valence-electron chi connectivity index (χ4n) is 5.83. The topological polar surface area (TPSA) is 140 Å². The lowest BCUT2D eigenvalue weighted by Crippen LogP contribution is -2.29. The first-order valence-corrected chi connectivity index (χ1v) is 22.3. The zero-order chi connectivity index (χ0) is 38.5. The van der Waals surface area contributed by atoms with E-state index in [0.717, 1.165) is 63.7 Å². The van der Waals surface area contributed by atoms with E-state index >= 15 is 0 Å². The molecule has 0 fully saturated rings. The zero-order valence-corrected chi connectivity index (χ0v) is 34.1. The average molecular weight is 757 g/mol. The minimum Gasteiger partial charge on any atom is -0.462 e. The molecule has 2 atom stereocenters. The van der Waals surface area contributed by atoms with Crippen molar-refractivity contribution in [1.29, 1.82) is 0 Å². The lowest BCUT2D eigenvalue weighted by atomic mass is 10.0. The Morgan fingerprint density at radius 2 is 1.13 bits per heavy atom. The van der Waals surface area contributed by atoms with Gasteiger partial charge < -0.3 is 24.4 Å². The third-order valence-corrected chi connectivity index (χ3v) is 9.42. The van der Waals surface area contributed by atoms with Gasteiger partial charge in [-0.1, -0.05) is 173 Å². The minimum absolute atomic E-state index is 0.199. The van der Waals surface area contributed by atoms with Gasteiger partial charge in [0.1, 0.15) is 6.61 Å². The molecular weight excluding hydrogens is 679 g/mol. The molecule has 1 unspecified atom stereocenters. The Labute approximate surface area is 317 Å². The van der Waals surface area contributed by atoms with E-state index in [0.29, 0.717) is 19.3 Å². The van der Waals surface area contributed by atoms with Crippen molar-refractivity contribution in [3.63, 3.8) is 0 Å². The lowest BCUT2D eigenvalue weighted by molar-refractivity contribution is -0.161. The van der Waals surface area contributed by atoms with Crippen molar-refractivity contribution in [2.24, 2.45) is 5.92 Å². The van der Waals surface area contributed by atoms with Crippen LogP contribution in [0.25, 0.3) is 0 Å². The van der Waals surface area contributed by atoms with Crippen LogP contribution in [0.2, 0.25) is 0 Å². The van der Waals surface area contributed by atoms with Crippen LogP contribution < -0.4 is 0 Å². The lowest BCUT2D eigenvalue weighted by Gasteiger charge is -2.18. The molecule has 0 saturated carbocycles. The van der Waals surface area contributed by atoms with Gasteiger partial charge in [0.05, 0.1) is 12.7 Å². The number of phosphoric ester groups is 1. The number of rotatable bonds is 37. The summed E-state index contributed by atoms with van der Waals surface area (Å²) in [5, 5.41) is 9.83. The normalized spacial score (nSPS) is 13.5. The second-order valence-electron chi connectivity index (χ2n) is 14.6. The van der Waals surface area contributed by atoms with Gasteiger partial charge in [-0.3, -0.25) is 14.1 Å². The van der Waals surface area contributed by atoms with Gasteiger partial charge in [-0.15, -0.1) is 0 Å². The summed E-state index contributed by atoms with van der Waals surface area (Å²) >= 11 is 0. The standard InChI is InChI=1S/C42H77O9P/c1-4-5-26-32-39(43)33-28-23-19-15-13-17-20-24-29-34-41(44)49-36-40(37-50-52(46,47)48)51-42(45)35-30-25-21-16-12-10-8-6-7-9-11-14-18-22-27-31-38(2)3/h5,19,23,26,28,33,38-40,43H,4,6-18,20-22,24-25,27,29-32,34-37H2,1-3H3,(H2,46,47,48)/b23-19+,26-5+,33-28+/t39?,40-/m1/s1. The molecular formula is C42H77O9P. The van der Waals surface area contributed by atoms with Gasteiger partial charge in [-0.2, -0.15) is 0 Å². The Morgan fingerprint density at radius 3 is 1.65 bits per heavy atom. The van der Waals surface area contributed by atoms with E-state index < -0.39 is 38.6 Å². The summed E-state index contributed by atoms with van der Waals surface area (Å²) in [5.74, 6) is -0.103. The highest BCUT2D eigenvalue weighted by atomic mass is 31.2. The van der Waals surface area contributed by atoms with Crippen LogP contribution in [0.1, 0.15) is 188 Å². The summed E-state index contributed by atoms with van der Waals surface area (Å²) in [6.45, 7) is 5.80. The number of unbranched alkanes of at least 4 members (excludes halogenated alkanes) is 19. The molecule has 0 amide bonds. The molecule has 0 heterocycles. The molecule has 3 N–H and O–H groups in total. The van der Waals surface area contributed by atoms with E-state index in [2.05, 4.69) is 31.4 Å². The molecule has 9 nitrogen and oxygen atoms in total. The molecule has 0 aromatic heterocycles. The minimum atomic E-state index is -4.77. The van der Waals surface area contributed by atoms with Crippen LogP contribution in [-0.4, -0.2) is 52.3 Å². The summed E-state index contributed by atoms with van der Waals surface area (Å²) in [6.07, 6.45) is 37.7. The van der Waals surface area contributed by atoms with E-state index in [9.17, 15) is 19.3 Å². The SMILES string of the molecule is CC/C=C/CC(O)/C=C/C=C/CCCCCCCC(=O)OC[C@H](COP(=O)(O)O)OC(=O)CCCCCCCCCCCCCCCCCC(C)C. The van der Waals surface area contributed by atoms with Crippen LogP contribution in [0.4, 0.5) is 0 Å². The maximum Gasteiger partial charge on any atom is 0.469 e. The fourth-order valence-corrected chi connectivity index (χ4v) is 6.19. The monoisotopic (exact) mass is 757 g/mol. The maximum atomic E-state index is 12.4. The number of aliphatic hydroxyl groups is 1. The Hall–Kier alpha value is -1.77. The van der Waals surface area contributed by atoms with Crippen LogP contribution >= 0.6 is 7.82 Å². The molecule has 0 aliphatic rings. The number of ether oxygens (including phenoxy) is 2. The highest BCUT2D eigenvalue weighted by Crippen LogP contribution is 2.36. The summed E-state index contributed by atoms with van der Waals surface area (Å²) in [5.41, 5.74) is 0. The number of allylic oxidation sites excluding steroid dienone is 4. The first-order chi connectivity index (χ1) is 25.0. The van der Waals surface area contributed by atoms with Crippen molar-refractivity contribution < 1.29 is 43.0 Å². The number of esters is 2. The van der Waals surface area contributed by atoms with Crippen molar-refractivity contribution in [3.8, 4) is 0 Å². The predicted octanol–water partition coefficient (Wildman–Crippen LogP) is 11.4. The molecule has 0 aromatic rings. The summed E-state index contributed by atoms with van der Waals surface area (Å²) in [4.78, 5) is 42.8. The van der Waals surface area contributed by atoms with Gasteiger partial charge in [0, 0.05) is 12.8 Å². The first-order valence-electron chi connectivity index (χ1n) is 20.7. The van der Waals surface area contributed by atoms with Crippen LogP contribution in [0.15, 0.2) is 36.5 Å². The van der Waals surface area contributed by atoms with E-state index in [4.69, 9.17) is 19.3 Å². The maximum absolute atomic E-state index is 12.4. The van der Waals surface area contributed by atoms with Gasteiger partial charge in [-0.05, 0) is 44.4 Å². The largest absolute Gasteiger partial charge is 0.469 e. The fraction of sp³-hybridized carbons (Fsp3) is 0.810. The van der Waals surface area contributed by atoms with Gasteiger partial charge in [0.2, 0.25) is 0 Å². The molecule has 52 heavy (non-hydrogen) atoms. The second kappa shape index (κ2) is 36.2. The van der Waals surface area contributed by atoms with Crippen LogP contribution in [0.5, 0.6) is 0 Å². The molecule has 0 aliphatic carbocycles. The molecule has 0 aromatic carbocycles. The Bertz CT molecular complexity index is 973. The molecule has 0 saturated heterocycles. The zero-order valence-electron chi connectivity index (χ0n) is 33.2. The Balaban J connectivity index is 3.96. The number of carbonyl (C=O) groups excluding carboxylic acids is 2. The number of carbonyl (C=O) groups is 2. The average Bonchev–Trinajstić information content (AvgIpc) is 3.09. The van der Waals surface area contributed by atoms with Crippen molar-refractivity contribution in [3.05, 3.63) is 36.5 Å². The van der Waals surface area contributed by atoms with Crippen LogP contribution in [0.3, 0.4) is 0 Å². The van der Waals surface area contributed by atoms with Crippen LogP contribution in [-0.2, 0) is 28.2 Å². The third-order valence-electron chi connectivity index (χ3n) is 8.93. The molecule has 0 aliphatic heterocycles. The second-order valence-corrected chi connectivity index (χ2v) is 15.9.